The monoisotopic (exact) mass is 426 g/mol. The molecule has 4 aromatic rings. The van der Waals surface area contributed by atoms with Gasteiger partial charge < -0.3 is 10.6 Å². The zero-order chi connectivity index (χ0) is 20.4. The Hall–Kier alpha value is -3.30. The van der Waals surface area contributed by atoms with Crippen molar-refractivity contribution in [2.24, 2.45) is 0 Å². The fourth-order valence-corrected chi connectivity index (χ4v) is 3.87. The van der Waals surface area contributed by atoms with Gasteiger partial charge in [0.2, 0.25) is 11.6 Å². The molecule has 10 heteroatoms. The van der Waals surface area contributed by atoms with Gasteiger partial charge in [-0.1, -0.05) is 47.2 Å². The number of nitrogens with one attached hydrogen (secondary N) is 2. The van der Waals surface area contributed by atoms with Gasteiger partial charge in [0.1, 0.15) is 6.33 Å². The number of nitrogens with zero attached hydrogens (tertiary/aromatic N) is 4. The van der Waals surface area contributed by atoms with Gasteiger partial charge in [-0.2, -0.15) is 0 Å². The molecule has 2 aromatic carbocycles. The molecule has 146 valence electrons. The SMILES string of the molecule is Cc1cccc2sc(Nc3ncnc(NCc4ccc(Cl)cc4)c3[N+](=O)[O-])nc12. The Labute approximate surface area is 174 Å². The van der Waals surface area contributed by atoms with Gasteiger partial charge in [0.15, 0.2) is 5.13 Å². The number of fused-ring (bicyclic) bond motifs is 1. The van der Waals surface area contributed by atoms with Crippen LogP contribution in [-0.4, -0.2) is 19.9 Å². The molecule has 0 bridgehead atoms. The summed E-state index contributed by atoms with van der Waals surface area (Å²) in [5, 5.41) is 18.9. The summed E-state index contributed by atoms with van der Waals surface area (Å²) in [6.45, 7) is 2.33. The standard InChI is InChI=1S/C19H15ClN6O2S/c1-11-3-2-4-14-15(11)24-19(29-14)25-18-16(26(27)28)17(22-10-23-18)21-9-12-5-7-13(20)8-6-12/h2-8,10H,9H2,1H3,(H2,21,22,23,24,25). The van der Waals surface area contributed by atoms with Gasteiger partial charge in [-0.25, -0.2) is 15.0 Å². The van der Waals surface area contributed by atoms with Crippen molar-refractivity contribution in [1.82, 2.24) is 15.0 Å². The van der Waals surface area contributed by atoms with Gasteiger partial charge in [-0.05, 0) is 36.2 Å². The summed E-state index contributed by atoms with van der Waals surface area (Å²) in [5.74, 6) is 0.208. The highest BCUT2D eigenvalue weighted by molar-refractivity contribution is 7.22. The lowest BCUT2D eigenvalue weighted by molar-refractivity contribution is -0.383. The molecule has 2 N–H and O–H groups in total. The van der Waals surface area contributed by atoms with E-state index >= 15 is 0 Å². The second-order valence-electron chi connectivity index (χ2n) is 6.22. The lowest BCUT2D eigenvalue weighted by Gasteiger charge is -2.09. The number of anilines is 3. The third-order valence-corrected chi connectivity index (χ3v) is 5.41. The number of para-hydroxylation sites is 1. The molecule has 0 fully saturated rings. The summed E-state index contributed by atoms with van der Waals surface area (Å²) >= 11 is 7.29. The number of halogens is 1. The van der Waals surface area contributed by atoms with E-state index in [1.807, 2.05) is 37.3 Å². The lowest BCUT2D eigenvalue weighted by atomic mass is 10.2. The number of rotatable bonds is 6. The van der Waals surface area contributed by atoms with Crippen LogP contribution in [0.2, 0.25) is 5.02 Å². The predicted molar refractivity (Wildman–Crippen MR) is 115 cm³/mol. The lowest BCUT2D eigenvalue weighted by Crippen LogP contribution is -2.08. The normalized spacial score (nSPS) is 10.8. The molecule has 4 rings (SSSR count). The molecule has 8 nitrogen and oxygen atoms in total. The van der Waals surface area contributed by atoms with Crippen LogP contribution in [0, 0.1) is 17.0 Å². The average molecular weight is 427 g/mol. The van der Waals surface area contributed by atoms with Gasteiger partial charge in [0, 0.05) is 11.6 Å². The topological polar surface area (TPSA) is 106 Å². The van der Waals surface area contributed by atoms with E-state index in [0.29, 0.717) is 16.7 Å². The van der Waals surface area contributed by atoms with Gasteiger partial charge in [0.25, 0.3) is 0 Å². The highest BCUT2D eigenvalue weighted by Gasteiger charge is 2.24. The van der Waals surface area contributed by atoms with Crippen molar-refractivity contribution in [3.05, 3.63) is 75.1 Å². The number of aromatic nitrogens is 3. The second-order valence-corrected chi connectivity index (χ2v) is 7.69. The van der Waals surface area contributed by atoms with E-state index in [4.69, 9.17) is 11.6 Å². The first-order valence-electron chi connectivity index (χ1n) is 8.62. The van der Waals surface area contributed by atoms with E-state index in [9.17, 15) is 10.1 Å². The molecule has 29 heavy (non-hydrogen) atoms. The van der Waals surface area contributed by atoms with Crippen molar-refractivity contribution in [3.63, 3.8) is 0 Å². The Morgan fingerprint density at radius 1 is 1.14 bits per heavy atom. The van der Waals surface area contributed by atoms with Gasteiger partial charge >= 0.3 is 5.69 Å². The second kappa shape index (κ2) is 7.98. The van der Waals surface area contributed by atoms with E-state index in [-0.39, 0.29) is 17.3 Å². The van der Waals surface area contributed by atoms with Crippen LogP contribution in [0.4, 0.5) is 22.5 Å². The maximum absolute atomic E-state index is 11.7. The molecule has 0 radical (unpaired) electrons. The predicted octanol–water partition coefficient (Wildman–Crippen LogP) is 5.31. The summed E-state index contributed by atoms with van der Waals surface area (Å²) in [6.07, 6.45) is 1.28. The maximum atomic E-state index is 11.7. The van der Waals surface area contributed by atoms with Crippen LogP contribution in [0.15, 0.2) is 48.8 Å². The third kappa shape index (κ3) is 4.10. The zero-order valence-corrected chi connectivity index (χ0v) is 16.8. The van der Waals surface area contributed by atoms with E-state index in [1.165, 1.54) is 17.7 Å². The average Bonchev–Trinajstić information content (AvgIpc) is 3.11. The van der Waals surface area contributed by atoms with Crippen LogP contribution in [0.5, 0.6) is 0 Å². The molecule has 2 aromatic heterocycles. The number of nitro groups is 1. The highest BCUT2D eigenvalue weighted by Crippen LogP contribution is 2.34. The minimum atomic E-state index is -0.509. The van der Waals surface area contributed by atoms with E-state index in [1.54, 1.807) is 12.1 Å². The van der Waals surface area contributed by atoms with Crippen molar-refractivity contribution in [2.75, 3.05) is 10.6 Å². The van der Waals surface area contributed by atoms with Crippen molar-refractivity contribution in [3.8, 4) is 0 Å². The largest absolute Gasteiger partial charge is 0.360 e. The van der Waals surface area contributed by atoms with Crippen LogP contribution in [0.3, 0.4) is 0 Å². The summed E-state index contributed by atoms with van der Waals surface area (Å²) < 4.78 is 0.991. The number of aryl methyl sites for hydroxylation is 1. The number of thiazole rings is 1. The first kappa shape index (κ1) is 19.0. The van der Waals surface area contributed by atoms with Crippen LogP contribution in [0.1, 0.15) is 11.1 Å². The van der Waals surface area contributed by atoms with Crippen LogP contribution >= 0.6 is 22.9 Å². The molecule has 0 aliphatic rings. The first-order valence-corrected chi connectivity index (χ1v) is 9.81. The molecular weight excluding hydrogens is 412 g/mol. The minimum absolute atomic E-state index is 0.0836. The molecule has 0 unspecified atom stereocenters. The van der Waals surface area contributed by atoms with Crippen molar-refractivity contribution in [2.45, 2.75) is 13.5 Å². The molecule has 0 aliphatic carbocycles. The summed E-state index contributed by atoms with van der Waals surface area (Å²) in [4.78, 5) is 23.9. The number of hydrogen-bond donors (Lipinski definition) is 2. The Balaban J connectivity index is 1.62. The van der Waals surface area contributed by atoms with Crippen molar-refractivity contribution >= 4 is 55.6 Å². The van der Waals surface area contributed by atoms with Crippen molar-refractivity contribution < 1.29 is 4.92 Å². The Morgan fingerprint density at radius 2 is 1.90 bits per heavy atom. The molecule has 0 saturated carbocycles. The first-order chi connectivity index (χ1) is 14.0. The van der Waals surface area contributed by atoms with Crippen molar-refractivity contribution in [1.29, 1.82) is 0 Å². The van der Waals surface area contributed by atoms with Gasteiger partial charge in [-0.15, -0.1) is 0 Å². The Kier molecular flexibility index (Phi) is 5.24. The fourth-order valence-electron chi connectivity index (χ4n) is 2.80. The van der Waals surface area contributed by atoms with Crippen LogP contribution in [0.25, 0.3) is 10.2 Å². The van der Waals surface area contributed by atoms with Gasteiger partial charge in [0.05, 0.1) is 15.1 Å². The summed E-state index contributed by atoms with van der Waals surface area (Å²) in [7, 11) is 0. The quantitative estimate of drug-likeness (QED) is 0.317. The summed E-state index contributed by atoms with van der Waals surface area (Å²) in [5.41, 5.74) is 2.57. The molecule has 0 spiro atoms. The Bertz CT molecular complexity index is 1200. The number of hydrogen-bond acceptors (Lipinski definition) is 8. The molecule has 0 aliphatic heterocycles. The highest BCUT2D eigenvalue weighted by atomic mass is 35.5. The smallest absolute Gasteiger partial charge is 0.353 e. The summed E-state index contributed by atoms with van der Waals surface area (Å²) in [6, 6.07) is 13.1. The van der Waals surface area contributed by atoms with E-state index in [0.717, 1.165) is 21.3 Å². The third-order valence-electron chi connectivity index (χ3n) is 4.22. The zero-order valence-electron chi connectivity index (χ0n) is 15.2. The maximum Gasteiger partial charge on any atom is 0.353 e. The molecule has 2 heterocycles. The molecule has 0 amide bonds. The molecule has 0 atom stereocenters. The molecular formula is C19H15ClN6O2S. The van der Waals surface area contributed by atoms with Gasteiger partial charge in [-0.3, -0.25) is 10.1 Å². The number of benzene rings is 2. The molecule has 0 saturated heterocycles. The minimum Gasteiger partial charge on any atom is -0.360 e. The van der Waals surface area contributed by atoms with E-state index < -0.39 is 4.92 Å². The van der Waals surface area contributed by atoms with Crippen LogP contribution in [-0.2, 0) is 6.54 Å². The van der Waals surface area contributed by atoms with Crippen LogP contribution < -0.4 is 10.6 Å². The fraction of sp³-hybridized carbons (Fsp3) is 0.105. The Morgan fingerprint density at radius 3 is 2.62 bits per heavy atom. The van der Waals surface area contributed by atoms with E-state index in [2.05, 4.69) is 25.6 Å².